The molecule has 1 aliphatic rings. The van der Waals surface area contributed by atoms with Gasteiger partial charge in [-0.15, -0.1) is 11.3 Å². The van der Waals surface area contributed by atoms with E-state index in [2.05, 4.69) is 0 Å². The van der Waals surface area contributed by atoms with Crippen LogP contribution in [0.5, 0.6) is 0 Å². The third-order valence-electron chi connectivity index (χ3n) is 4.70. The summed E-state index contributed by atoms with van der Waals surface area (Å²) in [5.74, 6) is -0.297. The second-order valence-electron chi connectivity index (χ2n) is 6.77. The van der Waals surface area contributed by atoms with Gasteiger partial charge in [0.1, 0.15) is 10.7 Å². The minimum atomic E-state index is -0.297. The number of aromatic nitrogens is 1. The number of nitriles is 1. The Morgan fingerprint density at radius 3 is 2.75 bits per heavy atom. The summed E-state index contributed by atoms with van der Waals surface area (Å²) >= 11 is 1.19. The van der Waals surface area contributed by atoms with Gasteiger partial charge in [0.25, 0.3) is 11.5 Å². The number of thiazole rings is 1. The van der Waals surface area contributed by atoms with Crippen molar-refractivity contribution in [1.82, 2.24) is 9.47 Å². The van der Waals surface area contributed by atoms with E-state index in [1.54, 1.807) is 12.0 Å². The van der Waals surface area contributed by atoms with Gasteiger partial charge in [0.2, 0.25) is 0 Å². The fraction of sp³-hybridized carbons (Fsp3) is 0.381. The van der Waals surface area contributed by atoms with Gasteiger partial charge in [-0.25, -0.2) is 0 Å². The quantitative estimate of drug-likeness (QED) is 0.754. The van der Waals surface area contributed by atoms with Crippen molar-refractivity contribution < 1.29 is 9.53 Å². The molecule has 0 unspecified atom stereocenters. The van der Waals surface area contributed by atoms with Gasteiger partial charge < -0.3 is 9.64 Å². The number of methoxy groups -OCH3 is 1. The first kappa shape index (κ1) is 20.1. The molecule has 0 aliphatic carbocycles. The number of nitrogens with zero attached hydrogens (tertiary/aromatic N) is 3. The third-order valence-corrected chi connectivity index (χ3v) is 5.83. The summed E-state index contributed by atoms with van der Waals surface area (Å²) in [6.45, 7) is 3.91. The summed E-state index contributed by atoms with van der Waals surface area (Å²) in [5.41, 5.74) is 1.83. The molecular formula is C21H23N3O3S. The van der Waals surface area contributed by atoms with E-state index in [4.69, 9.17) is 4.74 Å². The minimum Gasteiger partial charge on any atom is -0.383 e. The van der Waals surface area contributed by atoms with Gasteiger partial charge in [-0.05, 0) is 31.4 Å². The van der Waals surface area contributed by atoms with E-state index < -0.39 is 0 Å². The van der Waals surface area contributed by atoms with Crippen LogP contribution < -0.4 is 14.8 Å². The molecule has 2 aromatic rings. The maximum absolute atomic E-state index is 13.0. The first-order valence-corrected chi connectivity index (χ1v) is 10.1. The molecule has 0 N–H and O–H groups in total. The first-order chi connectivity index (χ1) is 13.5. The number of aryl methyl sites for hydroxylation is 1. The molecule has 146 valence electrons. The average Bonchev–Trinajstić information content (AvgIpc) is 3.31. The molecule has 0 spiro atoms. The second-order valence-corrected chi connectivity index (χ2v) is 7.80. The van der Waals surface area contributed by atoms with Crippen LogP contribution in [0.4, 0.5) is 0 Å². The number of carbonyl (C=O) groups is 1. The lowest BCUT2D eigenvalue weighted by Gasteiger charge is -2.14. The number of likely N-dealkylation sites (tertiary alicyclic amines) is 1. The van der Waals surface area contributed by atoms with Gasteiger partial charge in [-0.2, -0.15) is 5.26 Å². The molecule has 1 fully saturated rings. The molecule has 0 atom stereocenters. The molecule has 2 heterocycles. The lowest BCUT2D eigenvalue weighted by molar-refractivity contribution is -0.123. The predicted molar refractivity (Wildman–Crippen MR) is 109 cm³/mol. The molecular weight excluding hydrogens is 374 g/mol. The molecule has 1 saturated heterocycles. The van der Waals surface area contributed by atoms with Crippen LogP contribution in [0.25, 0.3) is 11.6 Å². The Balaban J connectivity index is 2.20. The van der Waals surface area contributed by atoms with Gasteiger partial charge in [0, 0.05) is 20.2 Å². The van der Waals surface area contributed by atoms with Gasteiger partial charge in [0.15, 0.2) is 5.57 Å². The number of carbonyl (C=O) groups excluding carboxylic acids is 1. The second kappa shape index (κ2) is 9.00. The SMILES string of the molecule is COCCn1c(=C(C#N)C(=O)N2CCCC2)sc(=Cc2cccc(C)c2)c1=O. The van der Waals surface area contributed by atoms with Crippen molar-refractivity contribution in [2.75, 3.05) is 26.8 Å². The van der Waals surface area contributed by atoms with Crippen molar-refractivity contribution in [3.05, 3.63) is 54.9 Å². The molecule has 3 rings (SSSR count). The fourth-order valence-electron chi connectivity index (χ4n) is 3.27. The molecule has 7 heteroatoms. The highest BCUT2D eigenvalue weighted by atomic mass is 32.1. The smallest absolute Gasteiger partial charge is 0.269 e. The van der Waals surface area contributed by atoms with E-state index in [1.165, 1.54) is 15.9 Å². The van der Waals surface area contributed by atoms with Crippen molar-refractivity contribution >= 4 is 28.9 Å². The number of hydrogen-bond acceptors (Lipinski definition) is 5. The molecule has 1 aromatic carbocycles. The Kier molecular flexibility index (Phi) is 6.45. The third kappa shape index (κ3) is 4.24. The zero-order valence-electron chi connectivity index (χ0n) is 16.1. The largest absolute Gasteiger partial charge is 0.383 e. The van der Waals surface area contributed by atoms with Gasteiger partial charge in [-0.3, -0.25) is 14.2 Å². The van der Waals surface area contributed by atoms with Crippen LogP contribution in [0.2, 0.25) is 0 Å². The summed E-state index contributed by atoms with van der Waals surface area (Å²) in [5, 5.41) is 9.70. The van der Waals surface area contributed by atoms with Crippen LogP contribution in [-0.2, 0) is 16.1 Å². The molecule has 1 aliphatic heterocycles. The normalized spacial score (nSPS) is 15.6. The zero-order chi connectivity index (χ0) is 20.1. The van der Waals surface area contributed by atoms with Crippen molar-refractivity contribution in [3.63, 3.8) is 0 Å². The Hall–Kier alpha value is -2.69. The van der Waals surface area contributed by atoms with Crippen molar-refractivity contribution in [1.29, 1.82) is 5.26 Å². The summed E-state index contributed by atoms with van der Waals surface area (Å²) in [6.07, 6.45) is 3.69. The predicted octanol–water partition coefficient (Wildman–Crippen LogP) is 0.990. The first-order valence-electron chi connectivity index (χ1n) is 9.26. The molecule has 0 bridgehead atoms. The standard InChI is InChI=1S/C21H23N3O3S/c1-15-6-5-7-16(12-15)13-18-20(26)24(10-11-27-2)21(28-18)17(14-22)19(25)23-8-3-4-9-23/h5-7,12-13H,3-4,8-11H2,1-2H3. The summed E-state index contributed by atoms with van der Waals surface area (Å²) in [4.78, 5) is 27.5. The molecule has 28 heavy (non-hydrogen) atoms. The number of rotatable bonds is 5. The molecule has 0 radical (unpaired) electrons. The van der Waals surface area contributed by atoms with E-state index in [-0.39, 0.29) is 17.0 Å². The maximum Gasteiger partial charge on any atom is 0.269 e. The maximum atomic E-state index is 13.0. The fourth-order valence-corrected chi connectivity index (χ4v) is 4.39. The zero-order valence-corrected chi connectivity index (χ0v) is 16.9. The summed E-state index contributed by atoms with van der Waals surface area (Å²) in [7, 11) is 1.56. The molecule has 1 amide bonds. The van der Waals surface area contributed by atoms with Crippen LogP contribution in [-0.4, -0.2) is 42.2 Å². The van der Waals surface area contributed by atoms with E-state index in [0.717, 1.165) is 24.0 Å². The van der Waals surface area contributed by atoms with Gasteiger partial charge in [0.05, 0.1) is 17.7 Å². The topological polar surface area (TPSA) is 75.3 Å². The Labute approximate surface area is 167 Å². The summed E-state index contributed by atoms with van der Waals surface area (Å²) < 4.78 is 7.51. The highest BCUT2D eigenvalue weighted by Gasteiger charge is 2.24. The Morgan fingerprint density at radius 2 is 2.11 bits per heavy atom. The molecule has 1 aromatic heterocycles. The van der Waals surface area contributed by atoms with Crippen LogP contribution in [0, 0.1) is 18.3 Å². The summed E-state index contributed by atoms with van der Waals surface area (Å²) in [6, 6.07) is 9.89. The van der Waals surface area contributed by atoms with E-state index >= 15 is 0 Å². The lowest BCUT2D eigenvalue weighted by atomic mass is 10.1. The molecule has 0 saturated carbocycles. The van der Waals surface area contributed by atoms with Gasteiger partial charge in [-0.1, -0.05) is 29.8 Å². The van der Waals surface area contributed by atoms with Crippen LogP contribution in [0.1, 0.15) is 24.0 Å². The number of benzene rings is 1. The highest BCUT2D eigenvalue weighted by molar-refractivity contribution is 7.07. The Bertz CT molecular complexity index is 1090. The Morgan fingerprint density at radius 1 is 1.36 bits per heavy atom. The van der Waals surface area contributed by atoms with E-state index in [0.29, 0.717) is 35.4 Å². The van der Waals surface area contributed by atoms with Crippen LogP contribution >= 0.6 is 11.3 Å². The number of ether oxygens (including phenoxy) is 1. The number of hydrogen-bond donors (Lipinski definition) is 0. The minimum absolute atomic E-state index is 0.0315. The molecule has 6 nitrogen and oxygen atoms in total. The van der Waals surface area contributed by atoms with E-state index in [1.807, 2.05) is 43.3 Å². The van der Waals surface area contributed by atoms with Crippen molar-refractivity contribution in [2.24, 2.45) is 0 Å². The van der Waals surface area contributed by atoms with Crippen LogP contribution in [0.15, 0.2) is 29.1 Å². The van der Waals surface area contributed by atoms with Gasteiger partial charge >= 0.3 is 0 Å². The van der Waals surface area contributed by atoms with E-state index in [9.17, 15) is 14.9 Å². The monoisotopic (exact) mass is 397 g/mol. The average molecular weight is 398 g/mol. The van der Waals surface area contributed by atoms with Crippen molar-refractivity contribution in [3.8, 4) is 6.07 Å². The van der Waals surface area contributed by atoms with Crippen molar-refractivity contribution in [2.45, 2.75) is 26.3 Å². The highest BCUT2D eigenvalue weighted by Crippen LogP contribution is 2.11. The van der Waals surface area contributed by atoms with Crippen LogP contribution in [0.3, 0.4) is 0 Å². The lowest BCUT2D eigenvalue weighted by Crippen LogP contribution is -2.36. The number of amides is 1.